The first kappa shape index (κ1) is 12.3. The quantitative estimate of drug-likeness (QED) is 0.816. The predicted molar refractivity (Wildman–Crippen MR) is 65.0 cm³/mol. The molecular formula is C11H15FN2O2S. The van der Waals surface area contributed by atoms with Crippen LogP contribution in [0.15, 0.2) is 24.3 Å². The molecule has 0 spiro atoms. The molecule has 1 saturated heterocycles. The summed E-state index contributed by atoms with van der Waals surface area (Å²) < 4.78 is 38.5. The SMILES string of the molecule is O=S1(=O)CCCNCCN1c1cccc(F)c1. The van der Waals surface area contributed by atoms with Crippen LogP contribution in [-0.2, 0) is 10.0 Å². The minimum absolute atomic E-state index is 0.0938. The monoisotopic (exact) mass is 258 g/mol. The number of hydrogen-bond donors (Lipinski definition) is 1. The van der Waals surface area contributed by atoms with Crippen LogP contribution in [0.3, 0.4) is 0 Å². The summed E-state index contributed by atoms with van der Waals surface area (Å²) in [5, 5.41) is 3.14. The van der Waals surface area contributed by atoms with Crippen LogP contribution in [0.25, 0.3) is 0 Å². The van der Waals surface area contributed by atoms with Crippen LogP contribution in [0.1, 0.15) is 6.42 Å². The van der Waals surface area contributed by atoms with Crippen LogP contribution < -0.4 is 9.62 Å². The van der Waals surface area contributed by atoms with Gasteiger partial charge in [-0.2, -0.15) is 0 Å². The van der Waals surface area contributed by atoms with Gasteiger partial charge in [-0.15, -0.1) is 0 Å². The number of anilines is 1. The fourth-order valence-electron chi connectivity index (χ4n) is 1.86. The van der Waals surface area contributed by atoms with Crippen molar-refractivity contribution in [2.75, 3.05) is 29.7 Å². The zero-order valence-corrected chi connectivity index (χ0v) is 10.2. The van der Waals surface area contributed by atoms with Crippen molar-refractivity contribution in [2.45, 2.75) is 6.42 Å². The molecular weight excluding hydrogens is 243 g/mol. The number of nitrogens with zero attached hydrogens (tertiary/aromatic N) is 1. The Hall–Kier alpha value is -1.14. The lowest BCUT2D eigenvalue weighted by molar-refractivity contribution is 0.571. The Labute approximate surface area is 100 Å². The molecule has 1 aliphatic heterocycles. The summed E-state index contributed by atoms with van der Waals surface area (Å²) in [4.78, 5) is 0. The van der Waals surface area contributed by atoms with Gasteiger partial charge in [0.2, 0.25) is 10.0 Å². The summed E-state index contributed by atoms with van der Waals surface area (Å²) in [6.45, 7) is 1.62. The van der Waals surface area contributed by atoms with E-state index in [2.05, 4.69) is 5.32 Å². The third kappa shape index (κ3) is 2.95. The molecule has 1 aromatic rings. The molecule has 0 radical (unpaired) electrons. The molecule has 0 amide bonds. The van der Waals surface area contributed by atoms with Crippen molar-refractivity contribution in [3.8, 4) is 0 Å². The smallest absolute Gasteiger partial charge is 0.235 e. The maximum Gasteiger partial charge on any atom is 0.235 e. The van der Waals surface area contributed by atoms with Crippen LogP contribution in [0.5, 0.6) is 0 Å². The zero-order valence-electron chi connectivity index (χ0n) is 9.39. The van der Waals surface area contributed by atoms with Gasteiger partial charge in [0.15, 0.2) is 0 Å². The van der Waals surface area contributed by atoms with Crippen molar-refractivity contribution in [1.29, 1.82) is 0 Å². The molecule has 1 N–H and O–H groups in total. The number of halogens is 1. The van der Waals surface area contributed by atoms with E-state index >= 15 is 0 Å². The third-order valence-electron chi connectivity index (χ3n) is 2.68. The van der Waals surface area contributed by atoms with Crippen LogP contribution >= 0.6 is 0 Å². The maximum atomic E-state index is 13.1. The summed E-state index contributed by atoms with van der Waals surface area (Å²) in [5.74, 6) is -0.330. The summed E-state index contributed by atoms with van der Waals surface area (Å²) in [7, 11) is -3.33. The number of rotatable bonds is 1. The highest BCUT2D eigenvalue weighted by atomic mass is 32.2. The van der Waals surface area contributed by atoms with Gasteiger partial charge in [-0.1, -0.05) is 6.07 Å². The summed E-state index contributed by atoms with van der Waals surface area (Å²) in [6, 6.07) is 5.69. The molecule has 94 valence electrons. The standard InChI is InChI=1S/C11H15FN2O2S/c12-10-3-1-4-11(9-10)14-7-6-13-5-2-8-17(14,15)16/h1,3-4,9,13H,2,5-8H2. The van der Waals surface area contributed by atoms with E-state index in [-0.39, 0.29) is 5.75 Å². The van der Waals surface area contributed by atoms with Gasteiger partial charge < -0.3 is 5.32 Å². The lowest BCUT2D eigenvalue weighted by Crippen LogP contribution is -2.41. The molecule has 17 heavy (non-hydrogen) atoms. The first-order chi connectivity index (χ1) is 8.09. The van der Waals surface area contributed by atoms with E-state index in [9.17, 15) is 12.8 Å². The van der Waals surface area contributed by atoms with E-state index in [0.29, 0.717) is 31.7 Å². The van der Waals surface area contributed by atoms with E-state index in [1.54, 1.807) is 6.07 Å². The fraction of sp³-hybridized carbons (Fsp3) is 0.455. The van der Waals surface area contributed by atoms with Crippen LogP contribution in [0, 0.1) is 5.82 Å². The molecule has 0 saturated carbocycles. The Morgan fingerprint density at radius 1 is 1.29 bits per heavy atom. The zero-order chi connectivity index (χ0) is 12.3. The molecule has 1 aliphatic rings. The van der Waals surface area contributed by atoms with Crippen molar-refractivity contribution < 1.29 is 12.8 Å². The molecule has 0 unspecified atom stereocenters. The average Bonchev–Trinajstić information content (AvgIpc) is 2.25. The molecule has 1 heterocycles. The number of hydrogen-bond acceptors (Lipinski definition) is 3. The Morgan fingerprint density at radius 3 is 2.88 bits per heavy atom. The van der Waals surface area contributed by atoms with E-state index in [0.717, 1.165) is 0 Å². The van der Waals surface area contributed by atoms with Crippen molar-refractivity contribution in [1.82, 2.24) is 5.32 Å². The normalized spacial score (nSPS) is 20.6. The van der Waals surface area contributed by atoms with Gasteiger partial charge >= 0.3 is 0 Å². The number of nitrogens with one attached hydrogen (secondary N) is 1. The van der Waals surface area contributed by atoms with Crippen LogP contribution in [-0.4, -0.2) is 33.8 Å². The van der Waals surface area contributed by atoms with Crippen molar-refractivity contribution in [3.05, 3.63) is 30.1 Å². The second kappa shape index (κ2) is 5.01. The third-order valence-corrected chi connectivity index (χ3v) is 4.55. The maximum absolute atomic E-state index is 13.1. The molecule has 0 aromatic heterocycles. The van der Waals surface area contributed by atoms with Gasteiger partial charge in [0, 0.05) is 13.1 Å². The van der Waals surface area contributed by atoms with Gasteiger partial charge in [-0.05, 0) is 31.2 Å². The summed E-state index contributed by atoms with van der Waals surface area (Å²) in [6.07, 6.45) is 0.578. The molecule has 1 aromatic carbocycles. The van der Waals surface area contributed by atoms with Crippen LogP contribution in [0.4, 0.5) is 10.1 Å². The second-order valence-electron chi connectivity index (χ2n) is 3.97. The number of sulfonamides is 1. The minimum Gasteiger partial charge on any atom is -0.315 e. The van der Waals surface area contributed by atoms with Crippen molar-refractivity contribution >= 4 is 15.7 Å². The predicted octanol–water partition coefficient (Wildman–Crippen LogP) is 0.955. The fourth-order valence-corrected chi connectivity index (χ4v) is 3.39. The van der Waals surface area contributed by atoms with E-state index in [1.165, 1.54) is 22.5 Å². The Morgan fingerprint density at radius 2 is 2.12 bits per heavy atom. The number of benzene rings is 1. The first-order valence-corrected chi connectivity index (χ1v) is 7.17. The molecule has 0 atom stereocenters. The van der Waals surface area contributed by atoms with Crippen molar-refractivity contribution in [3.63, 3.8) is 0 Å². The first-order valence-electron chi connectivity index (χ1n) is 5.56. The average molecular weight is 258 g/mol. The highest BCUT2D eigenvalue weighted by Crippen LogP contribution is 2.20. The lowest BCUT2D eigenvalue weighted by atomic mass is 10.3. The summed E-state index contributed by atoms with van der Waals surface area (Å²) >= 11 is 0. The largest absolute Gasteiger partial charge is 0.315 e. The molecule has 2 rings (SSSR count). The Bertz CT molecular complexity index is 490. The van der Waals surface area contributed by atoms with E-state index in [4.69, 9.17) is 0 Å². The molecule has 4 nitrogen and oxygen atoms in total. The van der Waals surface area contributed by atoms with Gasteiger partial charge in [0.1, 0.15) is 5.82 Å². The van der Waals surface area contributed by atoms with Crippen molar-refractivity contribution in [2.24, 2.45) is 0 Å². The Kier molecular flexibility index (Phi) is 3.63. The molecule has 1 fully saturated rings. The minimum atomic E-state index is -3.33. The van der Waals surface area contributed by atoms with Crippen LogP contribution in [0.2, 0.25) is 0 Å². The van der Waals surface area contributed by atoms with Gasteiger partial charge in [0.25, 0.3) is 0 Å². The molecule has 0 bridgehead atoms. The molecule has 0 aliphatic carbocycles. The lowest BCUT2D eigenvalue weighted by Gasteiger charge is -2.26. The topological polar surface area (TPSA) is 49.4 Å². The van der Waals surface area contributed by atoms with E-state index < -0.39 is 15.8 Å². The molecule has 6 heteroatoms. The van der Waals surface area contributed by atoms with Gasteiger partial charge in [0.05, 0.1) is 11.4 Å². The van der Waals surface area contributed by atoms with E-state index in [1.807, 2.05) is 0 Å². The second-order valence-corrected chi connectivity index (χ2v) is 5.98. The Balaban J connectivity index is 2.32. The van der Waals surface area contributed by atoms with Gasteiger partial charge in [-0.3, -0.25) is 4.31 Å². The highest BCUT2D eigenvalue weighted by molar-refractivity contribution is 7.92. The highest BCUT2D eigenvalue weighted by Gasteiger charge is 2.23. The van der Waals surface area contributed by atoms with Gasteiger partial charge in [-0.25, -0.2) is 12.8 Å². The summed E-state index contributed by atoms with van der Waals surface area (Å²) in [5.41, 5.74) is 0.397.